The van der Waals surface area contributed by atoms with Gasteiger partial charge in [-0.3, -0.25) is 14.5 Å². The van der Waals surface area contributed by atoms with E-state index in [1.165, 1.54) is 10.7 Å². The molecule has 1 saturated heterocycles. The van der Waals surface area contributed by atoms with Gasteiger partial charge in [0.25, 0.3) is 11.5 Å². The van der Waals surface area contributed by atoms with E-state index in [0.717, 1.165) is 43.3 Å². The van der Waals surface area contributed by atoms with Crippen molar-refractivity contribution in [1.29, 1.82) is 0 Å². The first-order valence-corrected chi connectivity index (χ1v) is 9.82. The Balaban J connectivity index is 1.35. The first-order valence-electron chi connectivity index (χ1n) is 9.82. The molecule has 2 N–H and O–H groups in total. The summed E-state index contributed by atoms with van der Waals surface area (Å²) >= 11 is 0. The predicted octanol–water partition coefficient (Wildman–Crippen LogP) is 2.01. The highest BCUT2D eigenvalue weighted by Gasteiger charge is 2.23. The summed E-state index contributed by atoms with van der Waals surface area (Å²) in [5.74, 6) is -0.0467. The minimum Gasteiger partial charge on any atom is -0.361 e. The van der Waals surface area contributed by atoms with Crippen LogP contribution < -0.4 is 10.9 Å². The van der Waals surface area contributed by atoms with Gasteiger partial charge in [-0.2, -0.15) is 5.10 Å². The van der Waals surface area contributed by atoms with Gasteiger partial charge in [0.1, 0.15) is 0 Å². The summed E-state index contributed by atoms with van der Waals surface area (Å²) in [4.78, 5) is 29.9. The number of aromatic nitrogens is 3. The molecule has 1 atom stereocenters. The molecule has 3 heterocycles. The van der Waals surface area contributed by atoms with Crippen molar-refractivity contribution in [3.8, 4) is 0 Å². The molecule has 2 aromatic heterocycles. The molecule has 1 aromatic carbocycles. The van der Waals surface area contributed by atoms with Crippen molar-refractivity contribution in [2.45, 2.75) is 31.8 Å². The van der Waals surface area contributed by atoms with Crippen molar-refractivity contribution in [3.05, 3.63) is 64.7 Å². The average Bonchev–Trinajstić information content (AvgIpc) is 3.20. The quantitative estimate of drug-likeness (QED) is 0.686. The molecule has 1 fully saturated rings. The second-order valence-electron chi connectivity index (χ2n) is 7.26. The second kappa shape index (κ2) is 8.39. The predicted molar refractivity (Wildman–Crippen MR) is 108 cm³/mol. The second-order valence-corrected chi connectivity index (χ2v) is 7.26. The van der Waals surface area contributed by atoms with Gasteiger partial charge in [0.15, 0.2) is 0 Å². The lowest BCUT2D eigenvalue weighted by Gasteiger charge is -2.35. The fourth-order valence-electron chi connectivity index (χ4n) is 3.87. The van der Waals surface area contributed by atoms with Crippen LogP contribution >= 0.6 is 0 Å². The number of piperidine rings is 1. The fraction of sp³-hybridized carbons (Fsp3) is 0.381. The van der Waals surface area contributed by atoms with Crippen molar-refractivity contribution in [2.24, 2.45) is 0 Å². The van der Waals surface area contributed by atoms with Gasteiger partial charge in [-0.1, -0.05) is 6.42 Å². The third-order valence-corrected chi connectivity index (χ3v) is 5.45. The number of hydrogen-bond donors (Lipinski definition) is 2. The molecular weight excluding hydrogens is 354 g/mol. The standard InChI is InChI=1S/C21H25N5O2/c27-20-5-3-9-24-26(20)13-12-25-11-2-1-4-18(25)15-23-21(28)17-6-7-19-16(14-17)8-10-22-19/h3,5-10,14,18,22H,1-2,4,11-13,15H2,(H,23,28). The summed E-state index contributed by atoms with van der Waals surface area (Å²) in [5.41, 5.74) is 1.62. The number of nitrogens with zero attached hydrogens (tertiary/aromatic N) is 3. The molecule has 0 radical (unpaired) electrons. The summed E-state index contributed by atoms with van der Waals surface area (Å²) in [5, 5.41) is 8.25. The van der Waals surface area contributed by atoms with Crippen LogP contribution in [0, 0.1) is 0 Å². The van der Waals surface area contributed by atoms with Gasteiger partial charge in [-0.15, -0.1) is 0 Å². The van der Waals surface area contributed by atoms with Crippen molar-refractivity contribution in [2.75, 3.05) is 19.6 Å². The molecule has 1 aliphatic heterocycles. The van der Waals surface area contributed by atoms with Crippen LogP contribution in [0.5, 0.6) is 0 Å². The number of benzene rings is 1. The Bertz CT molecular complexity index is 1010. The molecule has 4 rings (SSSR count). The number of carbonyl (C=O) groups excluding carboxylic acids is 1. The maximum atomic E-state index is 12.6. The summed E-state index contributed by atoms with van der Waals surface area (Å²) in [6.45, 7) is 2.92. The lowest BCUT2D eigenvalue weighted by atomic mass is 10.0. The van der Waals surface area contributed by atoms with Crippen molar-refractivity contribution >= 4 is 16.8 Å². The molecule has 28 heavy (non-hydrogen) atoms. The van der Waals surface area contributed by atoms with E-state index < -0.39 is 0 Å². The molecule has 1 unspecified atom stereocenters. The largest absolute Gasteiger partial charge is 0.361 e. The SMILES string of the molecule is O=C(NCC1CCCCN1CCn1ncccc1=O)c1ccc2[nH]ccc2c1. The van der Waals surface area contributed by atoms with E-state index >= 15 is 0 Å². The van der Waals surface area contributed by atoms with Gasteiger partial charge >= 0.3 is 0 Å². The highest BCUT2D eigenvalue weighted by molar-refractivity contribution is 5.98. The topological polar surface area (TPSA) is 83.0 Å². The number of amides is 1. The number of H-pyrrole nitrogens is 1. The Hall–Kier alpha value is -2.93. The Morgan fingerprint density at radius 2 is 2.14 bits per heavy atom. The lowest BCUT2D eigenvalue weighted by molar-refractivity contribution is 0.0909. The zero-order valence-corrected chi connectivity index (χ0v) is 15.8. The van der Waals surface area contributed by atoms with Crippen molar-refractivity contribution in [1.82, 2.24) is 25.0 Å². The summed E-state index contributed by atoms with van der Waals surface area (Å²) in [6.07, 6.45) is 6.87. The number of nitrogens with one attached hydrogen (secondary N) is 2. The van der Waals surface area contributed by atoms with Gasteiger partial charge in [0.05, 0.1) is 6.54 Å². The smallest absolute Gasteiger partial charge is 0.266 e. The van der Waals surface area contributed by atoms with E-state index in [-0.39, 0.29) is 17.5 Å². The number of rotatable bonds is 6. The van der Waals surface area contributed by atoms with Crippen LogP contribution in [0.4, 0.5) is 0 Å². The third-order valence-electron chi connectivity index (χ3n) is 5.45. The summed E-state index contributed by atoms with van der Waals surface area (Å²) in [7, 11) is 0. The molecule has 3 aromatic rings. The van der Waals surface area contributed by atoms with Gasteiger partial charge in [0.2, 0.25) is 0 Å². The van der Waals surface area contributed by atoms with Crippen LogP contribution in [0.3, 0.4) is 0 Å². The minimum atomic E-state index is -0.0792. The zero-order valence-electron chi connectivity index (χ0n) is 15.8. The van der Waals surface area contributed by atoms with Crippen LogP contribution in [0.2, 0.25) is 0 Å². The van der Waals surface area contributed by atoms with Gasteiger partial charge in [0, 0.05) is 54.1 Å². The Morgan fingerprint density at radius 3 is 3.04 bits per heavy atom. The van der Waals surface area contributed by atoms with E-state index in [4.69, 9.17) is 0 Å². The van der Waals surface area contributed by atoms with E-state index in [1.54, 1.807) is 12.3 Å². The van der Waals surface area contributed by atoms with Crippen LogP contribution in [-0.2, 0) is 6.54 Å². The highest BCUT2D eigenvalue weighted by atomic mass is 16.1. The minimum absolute atomic E-state index is 0.0467. The molecule has 146 valence electrons. The summed E-state index contributed by atoms with van der Waals surface area (Å²) < 4.78 is 1.50. The Labute approximate surface area is 163 Å². The van der Waals surface area contributed by atoms with E-state index in [1.807, 2.05) is 30.5 Å². The highest BCUT2D eigenvalue weighted by Crippen LogP contribution is 2.17. The Kier molecular flexibility index (Phi) is 5.53. The molecule has 1 aliphatic rings. The normalized spacial score (nSPS) is 17.6. The molecule has 0 aliphatic carbocycles. The fourth-order valence-corrected chi connectivity index (χ4v) is 3.87. The van der Waals surface area contributed by atoms with E-state index in [2.05, 4.69) is 20.3 Å². The maximum absolute atomic E-state index is 12.6. The molecule has 7 heteroatoms. The van der Waals surface area contributed by atoms with Crippen molar-refractivity contribution < 1.29 is 4.79 Å². The number of hydrogen-bond acceptors (Lipinski definition) is 4. The number of carbonyl (C=O) groups is 1. The molecule has 1 amide bonds. The number of aromatic amines is 1. The maximum Gasteiger partial charge on any atom is 0.266 e. The van der Waals surface area contributed by atoms with Crippen LogP contribution in [-0.4, -0.2) is 51.2 Å². The third kappa shape index (κ3) is 4.14. The molecule has 0 spiro atoms. The van der Waals surface area contributed by atoms with Crippen LogP contribution in [0.1, 0.15) is 29.6 Å². The van der Waals surface area contributed by atoms with Gasteiger partial charge in [-0.05, 0) is 49.7 Å². The summed E-state index contributed by atoms with van der Waals surface area (Å²) in [6, 6.07) is 11.1. The lowest BCUT2D eigenvalue weighted by Crippen LogP contribution is -2.48. The van der Waals surface area contributed by atoms with Gasteiger partial charge in [-0.25, -0.2) is 4.68 Å². The van der Waals surface area contributed by atoms with Gasteiger partial charge < -0.3 is 10.3 Å². The van der Waals surface area contributed by atoms with Crippen LogP contribution in [0.25, 0.3) is 10.9 Å². The number of likely N-dealkylation sites (tertiary alicyclic amines) is 1. The molecule has 0 saturated carbocycles. The molecular formula is C21H25N5O2. The van der Waals surface area contributed by atoms with Crippen LogP contribution in [0.15, 0.2) is 53.6 Å². The first kappa shape index (κ1) is 18.4. The molecule has 0 bridgehead atoms. The molecule has 7 nitrogen and oxygen atoms in total. The van der Waals surface area contributed by atoms with Crippen molar-refractivity contribution in [3.63, 3.8) is 0 Å². The first-order chi connectivity index (χ1) is 13.7. The Morgan fingerprint density at radius 1 is 1.21 bits per heavy atom. The monoisotopic (exact) mass is 379 g/mol. The number of fused-ring (bicyclic) bond motifs is 1. The average molecular weight is 379 g/mol. The van der Waals surface area contributed by atoms with E-state index in [0.29, 0.717) is 18.7 Å². The zero-order chi connectivity index (χ0) is 19.3. The van der Waals surface area contributed by atoms with E-state index in [9.17, 15) is 9.59 Å².